The van der Waals surface area contributed by atoms with E-state index in [9.17, 15) is 9.59 Å². The minimum Gasteiger partial charge on any atom is -0.382 e. The van der Waals surface area contributed by atoms with Gasteiger partial charge in [-0.15, -0.1) is 5.10 Å². The summed E-state index contributed by atoms with van der Waals surface area (Å²) < 4.78 is 14.0. The highest BCUT2D eigenvalue weighted by molar-refractivity contribution is 5.29. The van der Waals surface area contributed by atoms with E-state index in [1.807, 2.05) is 13.2 Å². The summed E-state index contributed by atoms with van der Waals surface area (Å²) >= 11 is 0. The Morgan fingerprint density at radius 3 is 2.93 bits per heavy atom. The quantitative estimate of drug-likeness (QED) is 0.555. The Labute approximate surface area is 162 Å². The van der Waals surface area contributed by atoms with Crippen LogP contribution < -0.4 is 11.2 Å². The molecule has 0 bridgehead atoms. The predicted molar refractivity (Wildman–Crippen MR) is 102 cm³/mol. The molecule has 0 radical (unpaired) electrons. The fourth-order valence-electron chi connectivity index (χ4n) is 3.18. The minimum atomic E-state index is -0.484. The molecule has 0 aromatic carbocycles. The number of aromatic amines is 1. The highest BCUT2D eigenvalue weighted by Crippen LogP contribution is 2.26. The number of ether oxygens (including phenoxy) is 2. The predicted octanol–water partition coefficient (Wildman–Crippen LogP) is 0.754. The van der Waals surface area contributed by atoms with Crippen LogP contribution in [0.5, 0.6) is 0 Å². The maximum Gasteiger partial charge on any atom is 0.330 e. The smallest absolute Gasteiger partial charge is 0.330 e. The van der Waals surface area contributed by atoms with Crippen molar-refractivity contribution in [1.29, 1.82) is 0 Å². The number of aromatic nitrogens is 5. The van der Waals surface area contributed by atoms with Crippen LogP contribution >= 0.6 is 0 Å². The summed E-state index contributed by atoms with van der Waals surface area (Å²) in [5.41, 5.74) is 0.275. The van der Waals surface area contributed by atoms with Gasteiger partial charge in [-0.05, 0) is 32.1 Å². The summed E-state index contributed by atoms with van der Waals surface area (Å²) in [4.78, 5) is 26.5. The first-order valence-electron chi connectivity index (χ1n) is 9.40. The van der Waals surface area contributed by atoms with Gasteiger partial charge in [0, 0.05) is 33.0 Å². The van der Waals surface area contributed by atoms with Crippen LogP contribution in [0.25, 0.3) is 0 Å². The zero-order valence-corrected chi connectivity index (χ0v) is 16.2. The first-order chi connectivity index (χ1) is 13.6. The molecule has 0 aliphatic carbocycles. The van der Waals surface area contributed by atoms with Crippen molar-refractivity contribution in [1.82, 2.24) is 24.5 Å². The van der Waals surface area contributed by atoms with Crippen LogP contribution in [0.15, 0.2) is 22.0 Å². The monoisotopic (exact) mass is 387 g/mol. The topological polar surface area (TPSA) is 104 Å². The van der Waals surface area contributed by atoms with Gasteiger partial charge in [-0.2, -0.15) is 0 Å². The van der Waals surface area contributed by atoms with Gasteiger partial charge in [0.25, 0.3) is 5.56 Å². The van der Waals surface area contributed by atoms with Crippen molar-refractivity contribution in [2.75, 3.05) is 13.7 Å². The van der Waals surface area contributed by atoms with Crippen molar-refractivity contribution < 1.29 is 9.47 Å². The Balaban J connectivity index is 1.57. The number of rotatable bonds is 7. The molecule has 1 aliphatic heterocycles. The molecule has 1 fully saturated rings. The molecule has 0 amide bonds. The van der Waals surface area contributed by atoms with Crippen molar-refractivity contribution in [2.24, 2.45) is 7.05 Å². The van der Waals surface area contributed by atoms with Crippen LogP contribution in [0.1, 0.15) is 49.6 Å². The van der Waals surface area contributed by atoms with Crippen molar-refractivity contribution in [2.45, 2.75) is 50.9 Å². The van der Waals surface area contributed by atoms with Gasteiger partial charge >= 0.3 is 5.69 Å². The fraction of sp³-hybridized carbons (Fsp3) is 0.579. The molecule has 0 saturated carbocycles. The van der Waals surface area contributed by atoms with E-state index in [0.717, 1.165) is 31.4 Å². The second-order valence-electron chi connectivity index (χ2n) is 6.85. The molecular formula is C19H25N5O4. The van der Waals surface area contributed by atoms with Crippen molar-refractivity contribution in [3.05, 3.63) is 44.5 Å². The number of H-pyrrole nitrogens is 1. The van der Waals surface area contributed by atoms with Gasteiger partial charge in [0.1, 0.15) is 11.8 Å². The van der Waals surface area contributed by atoms with Gasteiger partial charge in [0.2, 0.25) is 0 Å². The molecule has 2 atom stereocenters. The Hall–Kier alpha value is -2.70. The zero-order valence-electron chi connectivity index (χ0n) is 16.2. The molecule has 3 heterocycles. The summed E-state index contributed by atoms with van der Waals surface area (Å²) in [6.07, 6.45) is 7.79. The van der Waals surface area contributed by atoms with E-state index in [-0.39, 0.29) is 11.7 Å². The molecule has 1 N–H and O–H groups in total. The van der Waals surface area contributed by atoms with Gasteiger partial charge in [0.05, 0.1) is 18.4 Å². The summed E-state index contributed by atoms with van der Waals surface area (Å²) in [5, 5.41) is 7.94. The van der Waals surface area contributed by atoms with Crippen LogP contribution in [-0.2, 0) is 22.9 Å². The molecule has 0 unspecified atom stereocenters. The molecule has 1 aliphatic rings. The minimum absolute atomic E-state index is 0.0438. The van der Waals surface area contributed by atoms with E-state index in [1.54, 1.807) is 11.8 Å². The first kappa shape index (κ1) is 20.0. The largest absolute Gasteiger partial charge is 0.382 e. The molecule has 9 nitrogen and oxygen atoms in total. The van der Waals surface area contributed by atoms with Crippen molar-refractivity contribution >= 4 is 0 Å². The van der Waals surface area contributed by atoms with Crippen LogP contribution in [0.3, 0.4) is 0 Å². The third kappa shape index (κ3) is 5.18. The number of methoxy groups -OCH3 is 1. The lowest BCUT2D eigenvalue weighted by Gasteiger charge is -2.15. The Kier molecular flexibility index (Phi) is 6.79. The van der Waals surface area contributed by atoms with Crippen LogP contribution in [0.4, 0.5) is 0 Å². The molecule has 3 rings (SSSR count). The normalized spacial score (nSPS) is 18.8. The van der Waals surface area contributed by atoms with Gasteiger partial charge < -0.3 is 9.47 Å². The summed E-state index contributed by atoms with van der Waals surface area (Å²) in [6.45, 7) is 0.482. The summed E-state index contributed by atoms with van der Waals surface area (Å²) in [5.74, 6) is 5.89. The second kappa shape index (κ2) is 9.48. The lowest BCUT2D eigenvalue weighted by atomic mass is 10.1. The molecule has 2 aromatic heterocycles. The van der Waals surface area contributed by atoms with Gasteiger partial charge in [-0.25, -0.2) is 4.79 Å². The molecular weight excluding hydrogens is 362 g/mol. The number of nitrogens with one attached hydrogen (secondary N) is 1. The SMILES string of the molecule is COC[C@@H]1CC[C@H](n2cc(C#CCCCCc3cn(C)nn3)c(=O)[nH]c2=O)O1. The number of hydrogen-bond donors (Lipinski definition) is 1. The van der Waals surface area contributed by atoms with Gasteiger partial charge in [0.15, 0.2) is 0 Å². The maximum atomic E-state index is 12.1. The van der Waals surface area contributed by atoms with Crippen molar-refractivity contribution in [3.8, 4) is 11.8 Å². The van der Waals surface area contributed by atoms with Gasteiger partial charge in [-0.1, -0.05) is 17.1 Å². The first-order valence-corrected chi connectivity index (χ1v) is 9.40. The van der Waals surface area contributed by atoms with Crippen LogP contribution in [-0.4, -0.2) is 44.4 Å². The summed E-state index contributed by atoms with van der Waals surface area (Å²) in [7, 11) is 3.46. The van der Waals surface area contributed by atoms with Gasteiger partial charge in [-0.3, -0.25) is 19.0 Å². The number of unbranched alkanes of at least 4 members (excludes halogenated alkanes) is 2. The highest BCUT2D eigenvalue weighted by atomic mass is 16.5. The third-order valence-electron chi connectivity index (χ3n) is 4.57. The lowest BCUT2D eigenvalue weighted by Crippen LogP contribution is -2.33. The van der Waals surface area contributed by atoms with E-state index in [4.69, 9.17) is 9.47 Å². The molecule has 2 aromatic rings. The van der Waals surface area contributed by atoms with Crippen LogP contribution in [0.2, 0.25) is 0 Å². The van der Waals surface area contributed by atoms with Crippen molar-refractivity contribution in [3.63, 3.8) is 0 Å². The van der Waals surface area contributed by atoms with E-state index in [2.05, 4.69) is 27.1 Å². The van der Waals surface area contributed by atoms with E-state index in [1.165, 1.54) is 10.8 Å². The average Bonchev–Trinajstić information content (AvgIpc) is 3.29. The standard InChI is InChI=1S/C19H25N5O4/c1-23-12-15(21-22-23)8-6-4-3-5-7-14-11-24(19(26)20-18(14)25)17-10-9-16(28-17)13-27-2/h11-12,16-17H,3-4,6,8-10,13H2,1-2H3,(H,20,25,26)/t16-,17+/m0/s1. The number of hydrogen-bond acceptors (Lipinski definition) is 6. The Morgan fingerprint density at radius 1 is 1.32 bits per heavy atom. The second-order valence-corrected chi connectivity index (χ2v) is 6.85. The highest BCUT2D eigenvalue weighted by Gasteiger charge is 2.27. The molecule has 1 saturated heterocycles. The Morgan fingerprint density at radius 2 is 2.18 bits per heavy atom. The maximum absolute atomic E-state index is 12.1. The summed E-state index contributed by atoms with van der Waals surface area (Å²) in [6, 6.07) is 0. The van der Waals surface area contributed by atoms with E-state index < -0.39 is 17.5 Å². The number of aryl methyl sites for hydroxylation is 2. The fourth-order valence-corrected chi connectivity index (χ4v) is 3.18. The van der Waals surface area contributed by atoms with E-state index in [0.29, 0.717) is 19.4 Å². The third-order valence-corrected chi connectivity index (χ3v) is 4.57. The lowest BCUT2D eigenvalue weighted by molar-refractivity contribution is -0.0335. The molecule has 0 spiro atoms. The molecule has 28 heavy (non-hydrogen) atoms. The number of nitrogens with zero attached hydrogens (tertiary/aromatic N) is 4. The van der Waals surface area contributed by atoms with Crippen LogP contribution in [0, 0.1) is 11.8 Å². The Bertz CT molecular complexity index is 965. The van der Waals surface area contributed by atoms with E-state index >= 15 is 0 Å². The molecule has 150 valence electrons. The molecule has 9 heteroatoms. The average molecular weight is 387 g/mol. The zero-order chi connectivity index (χ0) is 19.9.